The summed E-state index contributed by atoms with van der Waals surface area (Å²) < 4.78 is 0. The fourth-order valence-electron chi connectivity index (χ4n) is 1.23. The van der Waals surface area contributed by atoms with Crippen LogP contribution in [0.1, 0.15) is 45.9 Å². The molecular formula is C10H18N4O. The van der Waals surface area contributed by atoms with Crippen molar-refractivity contribution in [1.29, 1.82) is 0 Å². The number of aromatic nitrogens is 4. The van der Waals surface area contributed by atoms with Crippen molar-refractivity contribution in [3.8, 4) is 0 Å². The smallest absolute Gasteiger partial charge is 0.174 e. The van der Waals surface area contributed by atoms with Crippen molar-refractivity contribution in [2.24, 2.45) is 5.41 Å². The number of carbonyl (C=O) groups is 1. The van der Waals surface area contributed by atoms with E-state index in [0.29, 0.717) is 12.2 Å². The second-order valence-electron chi connectivity index (χ2n) is 4.71. The van der Waals surface area contributed by atoms with Gasteiger partial charge in [0.15, 0.2) is 5.82 Å². The van der Waals surface area contributed by atoms with Crippen molar-refractivity contribution < 1.29 is 4.79 Å². The molecule has 0 radical (unpaired) electrons. The number of aromatic amines is 1. The second kappa shape index (κ2) is 5.00. The van der Waals surface area contributed by atoms with Gasteiger partial charge in [-0.1, -0.05) is 26.0 Å². The van der Waals surface area contributed by atoms with Gasteiger partial charge in [0.2, 0.25) is 0 Å². The number of tetrazole rings is 1. The zero-order valence-electron chi connectivity index (χ0n) is 9.58. The molecule has 0 bridgehead atoms. The van der Waals surface area contributed by atoms with E-state index in [4.69, 9.17) is 0 Å². The first-order valence-electron chi connectivity index (χ1n) is 5.26. The molecule has 1 heterocycles. The van der Waals surface area contributed by atoms with E-state index in [0.717, 1.165) is 25.1 Å². The summed E-state index contributed by atoms with van der Waals surface area (Å²) in [6, 6.07) is 0. The molecule has 1 rings (SSSR count). The summed E-state index contributed by atoms with van der Waals surface area (Å²) >= 11 is 0. The summed E-state index contributed by atoms with van der Waals surface area (Å²) in [6.45, 7) is 5.86. The van der Waals surface area contributed by atoms with Crippen LogP contribution in [-0.2, 0) is 11.2 Å². The number of H-pyrrole nitrogens is 1. The lowest BCUT2D eigenvalue weighted by atomic mass is 9.88. The maximum Gasteiger partial charge on any atom is 0.174 e. The molecule has 0 aromatic carbocycles. The minimum absolute atomic E-state index is 0.216. The number of carbonyl (C=O) groups excluding carboxylic acids is 1. The van der Waals surface area contributed by atoms with E-state index in [1.807, 2.05) is 20.8 Å². The highest BCUT2D eigenvalue weighted by molar-refractivity contribution is 5.83. The Bertz CT molecular complexity index is 300. The summed E-state index contributed by atoms with van der Waals surface area (Å²) in [7, 11) is 0. The number of rotatable bonds is 5. The number of nitrogens with zero attached hydrogens (tertiary/aromatic N) is 3. The molecule has 0 spiro atoms. The topological polar surface area (TPSA) is 71.5 Å². The van der Waals surface area contributed by atoms with E-state index >= 15 is 0 Å². The molecule has 0 unspecified atom stereocenters. The monoisotopic (exact) mass is 210 g/mol. The Hall–Kier alpha value is -1.26. The summed E-state index contributed by atoms with van der Waals surface area (Å²) in [5, 5.41) is 13.6. The molecule has 5 nitrogen and oxygen atoms in total. The first kappa shape index (κ1) is 11.8. The van der Waals surface area contributed by atoms with Crippen molar-refractivity contribution >= 4 is 5.78 Å². The van der Waals surface area contributed by atoms with Gasteiger partial charge in [0.25, 0.3) is 0 Å². The highest BCUT2D eigenvalue weighted by Gasteiger charge is 2.19. The Morgan fingerprint density at radius 3 is 2.60 bits per heavy atom. The summed E-state index contributed by atoms with van der Waals surface area (Å²) in [5.41, 5.74) is -0.216. The molecule has 0 saturated heterocycles. The van der Waals surface area contributed by atoms with Crippen LogP contribution in [0.4, 0.5) is 0 Å². The first-order valence-corrected chi connectivity index (χ1v) is 5.26. The Kier molecular flexibility index (Phi) is 3.94. The Balaban J connectivity index is 2.15. The van der Waals surface area contributed by atoms with Gasteiger partial charge in [0, 0.05) is 18.3 Å². The Morgan fingerprint density at radius 2 is 2.07 bits per heavy atom. The predicted molar refractivity (Wildman–Crippen MR) is 56.2 cm³/mol. The molecule has 0 saturated carbocycles. The third-order valence-corrected chi connectivity index (χ3v) is 2.28. The quantitative estimate of drug-likeness (QED) is 0.748. The fraction of sp³-hybridized carbons (Fsp3) is 0.800. The van der Waals surface area contributed by atoms with Gasteiger partial charge >= 0.3 is 0 Å². The van der Waals surface area contributed by atoms with Gasteiger partial charge in [-0.2, -0.15) is 5.21 Å². The summed E-state index contributed by atoms with van der Waals surface area (Å²) in [6.07, 6.45) is 3.25. The average molecular weight is 210 g/mol. The largest absolute Gasteiger partial charge is 0.299 e. The number of hydrogen-bond acceptors (Lipinski definition) is 4. The standard InChI is InChI=1S/C10H18N4O/c1-10(2,3)8(15)6-4-5-7-9-11-13-14-12-9/h4-7H2,1-3H3,(H,11,12,13,14). The summed E-state index contributed by atoms with van der Waals surface area (Å²) in [5.74, 6) is 1.04. The maximum atomic E-state index is 11.6. The molecule has 0 atom stereocenters. The lowest BCUT2D eigenvalue weighted by Gasteiger charge is -2.15. The van der Waals surface area contributed by atoms with Crippen LogP contribution < -0.4 is 0 Å². The molecule has 0 aliphatic carbocycles. The SMILES string of the molecule is CC(C)(C)C(=O)CCCCc1nn[nH]n1. The van der Waals surface area contributed by atoms with Crippen molar-refractivity contribution in [3.63, 3.8) is 0 Å². The molecule has 0 aliphatic heterocycles. The molecule has 1 N–H and O–H groups in total. The Morgan fingerprint density at radius 1 is 1.33 bits per heavy atom. The van der Waals surface area contributed by atoms with E-state index < -0.39 is 0 Å². The van der Waals surface area contributed by atoms with Crippen molar-refractivity contribution in [2.75, 3.05) is 0 Å². The van der Waals surface area contributed by atoms with E-state index in [1.165, 1.54) is 0 Å². The van der Waals surface area contributed by atoms with E-state index in [2.05, 4.69) is 20.6 Å². The third-order valence-electron chi connectivity index (χ3n) is 2.28. The van der Waals surface area contributed by atoms with Crippen LogP contribution in [0.3, 0.4) is 0 Å². The highest BCUT2D eigenvalue weighted by Crippen LogP contribution is 2.18. The second-order valence-corrected chi connectivity index (χ2v) is 4.71. The summed E-state index contributed by atoms with van der Waals surface area (Å²) in [4.78, 5) is 11.6. The molecular weight excluding hydrogens is 192 g/mol. The lowest BCUT2D eigenvalue weighted by molar-refractivity contribution is -0.126. The van der Waals surface area contributed by atoms with Gasteiger partial charge in [0.1, 0.15) is 5.78 Å². The zero-order valence-corrected chi connectivity index (χ0v) is 9.58. The molecule has 1 aromatic heterocycles. The van der Waals surface area contributed by atoms with E-state index in [1.54, 1.807) is 0 Å². The van der Waals surface area contributed by atoms with Gasteiger partial charge in [-0.25, -0.2) is 0 Å². The molecule has 0 fully saturated rings. The van der Waals surface area contributed by atoms with Crippen molar-refractivity contribution in [2.45, 2.75) is 46.5 Å². The molecule has 84 valence electrons. The average Bonchev–Trinajstić information content (AvgIpc) is 2.63. The molecule has 1 aromatic rings. The number of unbranched alkanes of at least 4 members (excludes halogenated alkanes) is 1. The minimum atomic E-state index is -0.216. The maximum absolute atomic E-state index is 11.6. The van der Waals surface area contributed by atoms with E-state index in [9.17, 15) is 4.79 Å². The van der Waals surface area contributed by atoms with Gasteiger partial charge in [-0.3, -0.25) is 4.79 Å². The fourth-order valence-corrected chi connectivity index (χ4v) is 1.23. The van der Waals surface area contributed by atoms with Crippen LogP contribution in [0.5, 0.6) is 0 Å². The van der Waals surface area contributed by atoms with Crippen LogP contribution in [0.2, 0.25) is 0 Å². The molecule has 0 aliphatic rings. The number of Topliss-reactive ketones (excluding diaryl/α,β-unsaturated/α-hetero) is 1. The Labute approximate surface area is 89.7 Å². The zero-order chi connectivity index (χ0) is 11.3. The van der Waals surface area contributed by atoms with Crippen LogP contribution in [0, 0.1) is 5.41 Å². The lowest BCUT2D eigenvalue weighted by Crippen LogP contribution is -2.19. The van der Waals surface area contributed by atoms with Gasteiger partial charge in [0.05, 0.1) is 0 Å². The van der Waals surface area contributed by atoms with Crippen LogP contribution in [0.15, 0.2) is 0 Å². The van der Waals surface area contributed by atoms with Crippen LogP contribution in [-0.4, -0.2) is 26.4 Å². The molecule has 5 heteroatoms. The van der Waals surface area contributed by atoms with Gasteiger partial charge < -0.3 is 0 Å². The normalized spacial score (nSPS) is 11.7. The third kappa shape index (κ3) is 4.18. The van der Waals surface area contributed by atoms with E-state index in [-0.39, 0.29) is 5.41 Å². The predicted octanol–water partition coefficient (Wildman–Crippen LogP) is 1.53. The highest BCUT2D eigenvalue weighted by atomic mass is 16.1. The molecule has 0 amide bonds. The van der Waals surface area contributed by atoms with Crippen LogP contribution >= 0.6 is 0 Å². The van der Waals surface area contributed by atoms with Gasteiger partial charge in [-0.05, 0) is 12.8 Å². The first-order chi connectivity index (χ1) is 7.00. The number of ketones is 1. The number of nitrogens with one attached hydrogen (secondary N) is 1. The number of hydrogen-bond donors (Lipinski definition) is 1. The molecule has 15 heavy (non-hydrogen) atoms. The minimum Gasteiger partial charge on any atom is -0.299 e. The number of aryl methyl sites for hydroxylation is 1. The van der Waals surface area contributed by atoms with Gasteiger partial charge in [-0.15, -0.1) is 10.2 Å². The van der Waals surface area contributed by atoms with Crippen LogP contribution in [0.25, 0.3) is 0 Å². The van der Waals surface area contributed by atoms with Crippen molar-refractivity contribution in [1.82, 2.24) is 20.6 Å². The van der Waals surface area contributed by atoms with Crippen molar-refractivity contribution in [3.05, 3.63) is 5.82 Å².